The minimum atomic E-state index is 0.103. The Labute approximate surface area is 159 Å². The molecule has 1 saturated heterocycles. The van der Waals surface area contributed by atoms with Crippen LogP contribution in [0.4, 0.5) is 5.82 Å². The highest BCUT2D eigenvalue weighted by Gasteiger charge is 2.22. The molecule has 0 atom stereocenters. The van der Waals surface area contributed by atoms with Gasteiger partial charge in [-0.25, -0.2) is 0 Å². The smallest absolute Gasteiger partial charge is 0.224 e. The molecule has 2 N–H and O–H groups in total. The van der Waals surface area contributed by atoms with Crippen LogP contribution in [-0.2, 0) is 11.2 Å². The molecule has 1 aliphatic heterocycles. The van der Waals surface area contributed by atoms with Crippen molar-refractivity contribution in [1.82, 2.24) is 15.5 Å². The molecule has 138 valence electrons. The summed E-state index contributed by atoms with van der Waals surface area (Å²) in [5.74, 6) is 1.08. The van der Waals surface area contributed by atoms with Crippen molar-refractivity contribution in [2.45, 2.75) is 25.3 Å². The van der Waals surface area contributed by atoms with Crippen molar-refractivity contribution in [3.05, 3.63) is 72.3 Å². The summed E-state index contributed by atoms with van der Waals surface area (Å²) in [5, 5.41) is 10.8. The number of carbonyl (C=O) groups excluding carboxylic acids is 1. The molecule has 0 aliphatic carbocycles. The molecule has 1 aliphatic rings. The highest BCUT2D eigenvalue weighted by Crippen LogP contribution is 2.24. The SMILES string of the molecule is O=C(Cc1ccccc1)NC1CCN(c2cc(-c3ccccc3)[nH]n2)CC1. The van der Waals surface area contributed by atoms with Crippen LogP contribution in [0.15, 0.2) is 66.7 Å². The molecule has 2 aromatic carbocycles. The number of piperidine rings is 1. The largest absolute Gasteiger partial charge is 0.355 e. The fourth-order valence-electron chi connectivity index (χ4n) is 3.55. The molecular formula is C22H24N4O. The third-order valence-corrected chi connectivity index (χ3v) is 5.04. The quantitative estimate of drug-likeness (QED) is 0.733. The first-order valence-corrected chi connectivity index (χ1v) is 9.47. The maximum Gasteiger partial charge on any atom is 0.224 e. The number of aromatic amines is 1. The van der Waals surface area contributed by atoms with Crippen LogP contribution in [0.3, 0.4) is 0 Å². The Kier molecular flexibility index (Phi) is 5.19. The topological polar surface area (TPSA) is 61.0 Å². The summed E-state index contributed by atoms with van der Waals surface area (Å²) < 4.78 is 0. The van der Waals surface area contributed by atoms with E-state index in [1.165, 1.54) is 0 Å². The summed E-state index contributed by atoms with van der Waals surface area (Å²) >= 11 is 0. The molecule has 3 aromatic rings. The van der Waals surface area contributed by atoms with E-state index in [0.29, 0.717) is 6.42 Å². The number of hydrogen-bond acceptors (Lipinski definition) is 3. The van der Waals surface area contributed by atoms with E-state index in [0.717, 1.165) is 48.6 Å². The molecule has 0 spiro atoms. The summed E-state index contributed by atoms with van der Waals surface area (Å²) in [7, 11) is 0. The van der Waals surface area contributed by atoms with Gasteiger partial charge in [0.05, 0.1) is 12.1 Å². The van der Waals surface area contributed by atoms with Crippen molar-refractivity contribution in [1.29, 1.82) is 0 Å². The summed E-state index contributed by atoms with van der Waals surface area (Å²) in [6.45, 7) is 1.80. The predicted molar refractivity (Wildman–Crippen MR) is 108 cm³/mol. The van der Waals surface area contributed by atoms with Crippen molar-refractivity contribution in [3.63, 3.8) is 0 Å². The van der Waals surface area contributed by atoms with Crippen LogP contribution in [0.1, 0.15) is 18.4 Å². The van der Waals surface area contributed by atoms with Crippen molar-refractivity contribution >= 4 is 11.7 Å². The highest BCUT2D eigenvalue weighted by atomic mass is 16.1. The Morgan fingerprint density at radius 3 is 2.41 bits per heavy atom. The van der Waals surface area contributed by atoms with E-state index in [2.05, 4.69) is 38.6 Å². The van der Waals surface area contributed by atoms with Gasteiger partial charge in [-0.1, -0.05) is 60.7 Å². The van der Waals surface area contributed by atoms with E-state index < -0.39 is 0 Å². The minimum Gasteiger partial charge on any atom is -0.355 e. The number of hydrogen-bond donors (Lipinski definition) is 2. The van der Waals surface area contributed by atoms with Crippen LogP contribution >= 0.6 is 0 Å². The van der Waals surface area contributed by atoms with Gasteiger partial charge in [0.2, 0.25) is 5.91 Å². The van der Waals surface area contributed by atoms with Gasteiger partial charge in [-0.3, -0.25) is 9.89 Å². The molecular weight excluding hydrogens is 336 g/mol. The molecule has 0 radical (unpaired) electrons. The molecule has 0 unspecified atom stereocenters. The molecule has 5 heteroatoms. The molecule has 2 heterocycles. The zero-order valence-corrected chi connectivity index (χ0v) is 15.3. The Balaban J connectivity index is 1.29. The van der Waals surface area contributed by atoms with Gasteiger partial charge in [0, 0.05) is 25.2 Å². The average Bonchev–Trinajstić information content (AvgIpc) is 3.20. The van der Waals surface area contributed by atoms with E-state index in [4.69, 9.17) is 0 Å². The second-order valence-electron chi connectivity index (χ2n) is 7.00. The van der Waals surface area contributed by atoms with Crippen molar-refractivity contribution in [2.24, 2.45) is 0 Å². The molecule has 0 saturated carbocycles. The van der Waals surface area contributed by atoms with Crippen LogP contribution in [0.2, 0.25) is 0 Å². The second-order valence-corrected chi connectivity index (χ2v) is 7.00. The molecule has 0 bridgehead atoms. The Hall–Kier alpha value is -3.08. The van der Waals surface area contributed by atoms with E-state index in [9.17, 15) is 4.79 Å². The summed E-state index contributed by atoms with van der Waals surface area (Å²) in [6.07, 6.45) is 2.32. The molecule has 1 amide bonds. The van der Waals surface area contributed by atoms with Gasteiger partial charge < -0.3 is 10.2 Å². The fourth-order valence-corrected chi connectivity index (χ4v) is 3.55. The number of nitrogens with one attached hydrogen (secondary N) is 2. The van der Waals surface area contributed by atoms with E-state index >= 15 is 0 Å². The molecule has 1 aromatic heterocycles. The number of aromatic nitrogens is 2. The van der Waals surface area contributed by atoms with Gasteiger partial charge in [-0.15, -0.1) is 0 Å². The fraction of sp³-hybridized carbons (Fsp3) is 0.273. The number of amides is 1. The van der Waals surface area contributed by atoms with Crippen molar-refractivity contribution in [2.75, 3.05) is 18.0 Å². The standard InChI is InChI=1S/C22H24N4O/c27-22(15-17-7-3-1-4-8-17)23-19-11-13-26(14-12-19)21-16-20(24-25-21)18-9-5-2-6-10-18/h1-10,16,19H,11-15H2,(H,23,27)(H,24,25). The minimum absolute atomic E-state index is 0.103. The Morgan fingerprint density at radius 1 is 1.04 bits per heavy atom. The summed E-state index contributed by atoms with van der Waals surface area (Å²) in [4.78, 5) is 14.5. The van der Waals surface area contributed by atoms with Crippen LogP contribution in [-0.4, -0.2) is 35.2 Å². The van der Waals surface area contributed by atoms with Crippen LogP contribution in [0.5, 0.6) is 0 Å². The summed E-state index contributed by atoms with van der Waals surface area (Å²) in [5.41, 5.74) is 3.22. The van der Waals surface area contributed by atoms with E-state index in [-0.39, 0.29) is 11.9 Å². The molecule has 27 heavy (non-hydrogen) atoms. The molecule has 4 rings (SSSR count). The third kappa shape index (κ3) is 4.37. The lowest BCUT2D eigenvalue weighted by atomic mass is 10.0. The van der Waals surface area contributed by atoms with Crippen LogP contribution < -0.4 is 10.2 Å². The number of anilines is 1. The van der Waals surface area contributed by atoms with Crippen LogP contribution in [0.25, 0.3) is 11.3 Å². The normalized spacial score (nSPS) is 14.9. The maximum absolute atomic E-state index is 12.3. The number of carbonyl (C=O) groups is 1. The Bertz CT molecular complexity index is 868. The van der Waals surface area contributed by atoms with E-state index in [1.54, 1.807) is 0 Å². The lowest BCUT2D eigenvalue weighted by Crippen LogP contribution is -2.45. The first kappa shape index (κ1) is 17.3. The Morgan fingerprint density at radius 2 is 1.70 bits per heavy atom. The van der Waals surface area contributed by atoms with Gasteiger partial charge in [0.25, 0.3) is 0 Å². The predicted octanol–water partition coefficient (Wildman–Crippen LogP) is 3.40. The van der Waals surface area contributed by atoms with E-state index in [1.807, 2.05) is 48.5 Å². The number of rotatable bonds is 5. The number of H-pyrrole nitrogens is 1. The molecule has 1 fully saturated rings. The van der Waals surface area contributed by atoms with Crippen LogP contribution in [0, 0.1) is 0 Å². The van der Waals surface area contributed by atoms with Crippen molar-refractivity contribution < 1.29 is 4.79 Å². The number of benzene rings is 2. The lowest BCUT2D eigenvalue weighted by molar-refractivity contribution is -0.121. The van der Waals surface area contributed by atoms with Gasteiger partial charge in [-0.05, 0) is 24.0 Å². The second kappa shape index (κ2) is 8.08. The first-order chi connectivity index (χ1) is 13.3. The van der Waals surface area contributed by atoms with Gasteiger partial charge >= 0.3 is 0 Å². The third-order valence-electron chi connectivity index (χ3n) is 5.04. The molecule has 5 nitrogen and oxygen atoms in total. The highest BCUT2D eigenvalue weighted by molar-refractivity contribution is 5.78. The zero-order valence-electron chi connectivity index (χ0n) is 15.3. The average molecular weight is 360 g/mol. The van der Waals surface area contributed by atoms with Gasteiger partial charge in [-0.2, -0.15) is 5.10 Å². The summed E-state index contributed by atoms with van der Waals surface area (Å²) in [6, 6.07) is 22.4. The lowest BCUT2D eigenvalue weighted by Gasteiger charge is -2.32. The van der Waals surface area contributed by atoms with Crippen molar-refractivity contribution in [3.8, 4) is 11.3 Å². The van der Waals surface area contributed by atoms with Gasteiger partial charge in [0.15, 0.2) is 5.82 Å². The zero-order chi connectivity index (χ0) is 18.5. The monoisotopic (exact) mass is 360 g/mol. The number of nitrogens with zero attached hydrogens (tertiary/aromatic N) is 2. The van der Waals surface area contributed by atoms with Gasteiger partial charge in [0.1, 0.15) is 0 Å². The maximum atomic E-state index is 12.3. The first-order valence-electron chi connectivity index (χ1n) is 9.47.